The van der Waals surface area contributed by atoms with E-state index in [-0.39, 0.29) is 24.8 Å². The van der Waals surface area contributed by atoms with Crippen molar-refractivity contribution < 1.29 is 18.0 Å². The molecule has 35 heavy (non-hydrogen) atoms. The van der Waals surface area contributed by atoms with E-state index >= 15 is 0 Å². The lowest BCUT2D eigenvalue weighted by molar-refractivity contribution is -0.140. The zero-order valence-electron chi connectivity index (χ0n) is 21.2. The minimum Gasteiger partial charge on any atom is -0.354 e. The van der Waals surface area contributed by atoms with Crippen molar-refractivity contribution in [2.24, 2.45) is 0 Å². The molecule has 0 spiro atoms. The van der Waals surface area contributed by atoms with Gasteiger partial charge in [-0.2, -0.15) is 0 Å². The zero-order chi connectivity index (χ0) is 26.2. The lowest BCUT2D eigenvalue weighted by Crippen LogP contribution is -2.47. The average molecular weight is 567 g/mol. The van der Waals surface area contributed by atoms with Crippen LogP contribution in [0.25, 0.3) is 0 Å². The Balaban J connectivity index is 2.16. The highest BCUT2D eigenvalue weighted by atomic mass is 79.9. The Morgan fingerprint density at radius 2 is 1.71 bits per heavy atom. The Hall–Kier alpha value is -2.39. The van der Waals surface area contributed by atoms with Gasteiger partial charge >= 0.3 is 0 Å². The molecule has 0 saturated heterocycles. The summed E-state index contributed by atoms with van der Waals surface area (Å²) in [7, 11) is -3.52. The van der Waals surface area contributed by atoms with Gasteiger partial charge in [0.05, 0.1) is 11.9 Å². The van der Waals surface area contributed by atoms with Crippen molar-refractivity contribution in [3.8, 4) is 0 Å². The van der Waals surface area contributed by atoms with E-state index in [9.17, 15) is 18.0 Å². The lowest BCUT2D eigenvalue weighted by Gasteiger charge is -2.29. The molecule has 0 aliphatic carbocycles. The molecule has 0 aromatic heterocycles. The molecule has 1 N–H and O–H groups in total. The van der Waals surface area contributed by atoms with E-state index in [2.05, 4.69) is 21.2 Å². The normalized spacial score (nSPS) is 12.2. The number of rotatable bonds is 12. The van der Waals surface area contributed by atoms with Gasteiger partial charge in [0.15, 0.2) is 0 Å². The number of nitrogens with zero attached hydrogens (tertiary/aromatic N) is 2. The molecule has 0 aliphatic rings. The predicted octanol–water partition coefficient (Wildman–Crippen LogP) is 4.56. The Morgan fingerprint density at radius 1 is 1.06 bits per heavy atom. The average Bonchev–Trinajstić information content (AvgIpc) is 2.80. The van der Waals surface area contributed by atoms with Crippen molar-refractivity contribution in [1.29, 1.82) is 0 Å². The topological polar surface area (TPSA) is 86.8 Å². The van der Waals surface area contributed by atoms with Gasteiger partial charge in [0.2, 0.25) is 21.8 Å². The van der Waals surface area contributed by atoms with Gasteiger partial charge in [-0.1, -0.05) is 41.1 Å². The van der Waals surface area contributed by atoms with Crippen molar-refractivity contribution in [2.45, 2.75) is 59.5 Å². The van der Waals surface area contributed by atoms with E-state index in [1.165, 1.54) is 10.6 Å². The second-order valence-electron chi connectivity index (χ2n) is 8.82. The van der Waals surface area contributed by atoms with Crippen LogP contribution in [0.2, 0.25) is 0 Å². The SMILES string of the molecule is CCCNC(=O)[C@@H](C)N(Cc1ccc(Br)cc1)C(=O)CCCN(c1ccc(C)c(C)c1)S(C)(=O)=O. The maximum absolute atomic E-state index is 13.3. The van der Waals surface area contributed by atoms with Gasteiger partial charge in [0.25, 0.3) is 0 Å². The maximum Gasteiger partial charge on any atom is 0.242 e. The van der Waals surface area contributed by atoms with E-state index < -0.39 is 16.1 Å². The predicted molar refractivity (Wildman–Crippen MR) is 145 cm³/mol. The molecule has 0 radical (unpaired) electrons. The van der Waals surface area contributed by atoms with Crippen molar-refractivity contribution in [3.05, 3.63) is 63.6 Å². The van der Waals surface area contributed by atoms with Gasteiger partial charge in [-0.15, -0.1) is 0 Å². The van der Waals surface area contributed by atoms with Crippen LogP contribution in [0.1, 0.15) is 49.8 Å². The molecule has 0 heterocycles. The fourth-order valence-electron chi connectivity index (χ4n) is 3.65. The first-order valence-corrected chi connectivity index (χ1v) is 14.4. The summed E-state index contributed by atoms with van der Waals surface area (Å²) in [5, 5.41) is 2.86. The van der Waals surface area contributed by atoms with Crippen molar-refractivity contribution in [1.82, 2.24) is 10.2 Å². The molecule has 7 nitrogen and oxygen atoms in total. The molecule has 0 aliphatic heterocycles. The number of halogens is 1. The number of sulfonamides is 1. The molecule has 0 bridgehead atoms. The summed E-state index contributed by atoms with van der Waals surface area (Å²) in [6, 6.07) is 12.5. The standard InChI is InChI=1S/C26H36BrN3O4S/c1-6-15-28-26(32)21(4)29(18-22-10-12-23(27)13-11-22)25(31)8-7-16-30(35(5,33)34)24-14-9-19(2)20(3)17-24/h9-14,17,21H,6-8,15-16,18H2,1-5H3,(H,28,32)/t21-/m1/s1. The third-order valence-electron chi connectivity index (χ3n) is 5.91. The van der Waals surface area contributed by atoms with Crippen LogP contribution in [0, 0.1) is 13.8 Å². The highest BCUT2D eigenvalue weighted by molar-refractivity contribution is 9.10. The molecule has 9 heteroatoms. The maximum atomic E-state index is 13.3. The van der Waals surface area contributed by atoms with Crippen LogP contribution in [0.4, 0.5) is 5.69 Å². The van der Waals surface area contributed by atoms with Crippen LogP contribution in [-0.4, -0.2) is 50.5 Å². The summed E-state index contributed by atoms with van der Waals surface area (Å²) in [6.07, 6.45) is 2.43. The van der Waals surface area contributed by atoms with Crippen LogP contribution >= 0.6 is 15.9 Å². The van der Waals surface area contributed by atoms with Crippen LogP contribution in [0.5, 0.6) is 0 Å². The number of carbonyl (C=O) groups excluding carboxylic acids is 2. The number of benzene rings is 2. The molecular weight excluding hydrogens is 530 g/mol. The summed E-state index contributed by atoms with van der Waals surface area (Å²) in [5.41, 5.74) is 3.57. The van der Waals surface area contributed by atoms with Gasteiger partial charge in [0, 0.05) is 30.5 Å². The largest absolute Gasteiger partial charge is 0.354 e. The summed E-state index contributed by atoms with van der Waals surface area (Å²) in [6.45, 7) is 8.62. The molecule has 0 unspecified atom stereocenters. The smallest absolute Gasteiger partial charge is 0.242 e. The first-order valence-electron chi connectivity index (χ1n) is 11.8. The molecule has 2 amide bonds. The van der Waals surface area contributed by atoms with Gasteiger partial charge in [-0.25, -0.2) is 8.42 Å². The monoisotopic (exact) mass is 565 g/mol. The van der Waals surface area contributed by atoms with Gasteiger partial charge in [-0.3, -0.25) is 13.9 Å². The molecule has 0 saturated carbocycles. The van der Waals surface area contributed by atoms with Crippen molar-refractivity contribution >= 4 is 43.5 Å². The molecular formula is C26H36BrN3O4S. The highest BCUT2D eigenvalue weighted by Crippen LogP contribution is 2.22. The quantitative estimate of drug-likeness (QED) is 0.408. The van der Waals surface area contributed by atoms with Crippen LogP contribution in [0.3, 0.4) is 0 Å². The summed E-state index contributed by atoms with van der Waals surface area (Å²) in [5.74, 6) is -0.397. The van der Waals surface area contributed by atoms with Crippen LogP contribution in [-0.2, 0) is 26.2 Å². The number of hydrogen-bond donors (Lipinski definition) is 1. The first-order chi connectivity index (χ1) is 16.4. The third-order valence-corrected chi connectivity index (χ3v) is 7.64. The van der Waals surface area contributed by atoms with E-state index in [1.54, 1.807) is 17.9 Å². The fraction of sp³-hybridized carbons (Fsp3) is 0.462. The Labute approximate surface area is 218 Å². The number of aryl methyl sites for hydroxylation is 2. The van der Waals surface area contributed by atoms with Crippen molar-refractivity contribution in [2.75, 3.05) is 23.7 Å². The Bertz CT molecular complexity index is 1120. The molecule has 2 aromatic carbocycles. The molecule has 192 valence electrons. The Morgan fingerprint density at radius 3 is 2.29 bits per heavy atom. The van der Waals surface area contributed by atoms with Gasteiger partial charge in [-0.05, 0) is 74.6 Å². The van der Waals surface area contributed by atoms with Gasteiger partial charge in [0.1, 0.15) is 6.04 Å². The number of carbonyl (C=O) groups is 2. The second kappa shape index (κ2) is 13.1. The molecule has 0 fully saturated rings. The zero-order valence-corrected chi connectivity index (χ0v) is 23.6. The third kappa shape index (κ3) is 8.65. The molecule has 1 atom stereocenters. The molecule has 2 aromatic rings. The van der Waals surface area contributed by atoms with E-state index in [4.69, 9.17) is 0 Å². The number of hydrogen-bond acceptors (Lipinski definition) is 4. The fourth-order valence-corrected chi connectivity index (χ4v) is 4.87. The number of amides is 2. The first kappa shape index (κ1) is 28.8. The van der Waals surface area contributed by atoms with Gasteiger partial charge < -0.3 is 10.2 Å². The minimum absolute atomic E-state index is 0.124. The molecule has 2 rings (SSSR count). The number of nitrogens with one attached hydrogen (secondary N) is 1. The summed E-state index contributed by atoms with van der Waals surface area (Å²) >= 11 is 3.41. The van der Waals surface area contributed by atoms with Crippen molar-refractivity contribution in [3.63, 3.8) is 0 Å². The number of anilines is 1. The van der Waals surface area contributed by atoms with E-state index in [0.717, 1.165) is 27.6 Å². The lowest BCUT2D eigenvalue weighted by atomic mass is 10.1. The van der Waals surface area contributed by atoms with Crippen LogP contribution < -0.4 is 9.62 Å². The minimum atomic E-state index is -3.52. The van der Waals surface area contributed by atoms with Crippen LogP contribution in [0.15, 0.2) is 46.9 Å². The van der Waals surface area contributed by atoms with E-state index in [0.29, 0.717) is 25.2 Å². The van der Waals surface area contributed by atoms with E-state index in [1.807, 2.05) is 57.2 Å². The highest BCUT2D eigenvalue weighted by Gasteiger charge is 2.26. The second-order valence-corrected chi connectivity index (χ2v) is 11.6. The summed E-state index contributed by atoms with van der Waals surface area (Å²) < 4.78 is 27.2. The summed E-state index contributed by atoms with van der Waals surface area (Å²) in [4.78, 5) is 27.5. The Kier molecular flexibility index (Phi) is 10.8.